The molecule has 0 amide bonds. The second kappa shape index (κ2) is 9.91. The molecule has 43 heavy (non-hydrogen) atoms. The number of carbonyl (C=O) groups excluding carboxylic acids is 1. The van der Waals surface area contributed by atoms with E-state index in [1.165, 1.54) is 0 Å². The summed E-state index contributed by atoms with van der Waals surface area (Å²) in [4.78, 5) is 43.7. The average Bonchev–Trinajstić information content (AvgIpc) is 3.69. The Morgan fingerprint density at radius 3 is 2.05 bits per heavy atom. The molecule has 9 heteroatoms. The molecule has 2 atom stereocenters. The van der Waals surface area contributed by atoms with Gasteiger partial charge in [-0.2, -0.15) is 0 Å². The third kappa shape index (κ3) is 4.26. The molecule has 6 heterocycles. The Balaban J connectivity index is 1.65. The monoisotopic (exact) mass is 576 g/mol. The molecule has 0 radical (unpaired) electrons. The van der Waals surface area contributed by atoms with Gasteiger partial charge in [0.15, 0.2) is 5.60 Å². The Morgan fingerprint density at radius 1 is 0.907 bits per heavy atom. The number of ether oxygens (including phenoxy) is 1. The predicted octanol–water partition coefficient (Wildman–Crippen LogP) is 5.37. The van der Waals surface area contributed by atoms with E-state index in [4.69, 9.17) is 24.7 Å². The van der Waals surface area contributed by atoms with Gasteiger partial charge in [0.1, 0.15) is 5.60 Å². The lowest BCUT2D eigenvalue weighted by atomic mass is 9.78. The number of fused-ring (bicyclic) bond motifs is 5. The van der Waals surface area contributed by atoms with Crippen LogP contribution < -0.4 is 0 Å². The number of aliphatic carboxylic acids is 1. The molecule has 0 saturated carbocycles. The summed E-state index contributed by atoms with van der Waals surface area (Å²) >= 11 is 0. The SMILES string of the molecule is C=CC1=C(C)C2=NC1=CC1=NC(=CC3=NC(=CC4=NC(=C2)C(C)=C4CCC(=O)O)[C@@]2(CCC(=O)O2)[C@]3(C)O)C(C=C)=C1C. The van der Waals surface area contributed by atoms with E-state index in [0.717, 1.165) is 33.4 Å². The smallest absolute Gasteiger partial charge is 0.307 e. The highest BCUT2D eigenvalue weighted by atomic mass is 16.6. The molecular weight excluding hydrogens is 544 g/mol. The zero-order chi connectivity index (χ0) is 30.8. The van der Waals surface area contributed by atoms with Crippen molar-refractivity contribution in [1.29, 1.82) is 0 Å². The molecule has 2 N–H and O–H groups in total. The largest absolute Gasteiger partial charge is 0.481 e. The van der Waals surface area contributed by atoms with Crippen LogP contribution in [0.25, 0.3) is 0 Å². The van der Waals surface area contributed by atoms with Crippen molar-refractivity contribution in [2.75, 3.05) is 0 Å². The Kier molecular flexibility index (Phi) is 6.54. The van der Waals surface area contributed by atoms with Gasteiger partial charge >= 0.3 is 11.9 Å². The molecule has 0 aromatic carbocycles. The van der Waals surface area contributed by atoms with Crippen molar-refractivity contribution < 1.29 is 24.5 Å². The number of esters is 1. The van der Waals surface area contributed by atoms with Crippen LogP contribution in [0.5, 0.6) is 0 Å². The molecule has 6 aliphatic rings. The van der Waals surface area contributed by atoms with E-state index >= 15 is 0 Å². The van der Waals surface area contributed by atoms with Crippen molar-refractivity contribution in [2.24, 2.45) is 20.0 Å². The van der Waals surface area contributed by atoms with Crippen LogP contribution in [0.4, 0.5) is 0 Å². The van der Waals surface area contributed by atoms with Crippen molar-refractivity contribution in [3.8, 4) is 0 Å². The Morgan fingerprint density at radius 2 is 1.49 bits per heavy atom. The summed E-state index contributed by atoms with van der Waals surface area (Å²) < 4.78 is 5.89. The van der Waals surface area contributed by atoms with Crippen LogP contribution in [0.3, 0.4) is 0 Å². The van der Waals surface area contributed by atoms with E-state index in [2.05, 4.69) is 13.2 Å². The van der Waals surface area contributed by atoms with Gasteiger partial charge in [-0.25, -0.2) is 15.0 Å². The van der Waals surface area contributed by atoms with Crippen LogP contribution in [0.1, 0.15) is 53.4 Å². The molecular formula is C34H32N4O5. The van der Waals surface area contributed by atoms with Gasteiger partial charge in [-0.15, -0.1) is 0 Å². The third-order valence-corrected chi connectivity index (χ3v) is 9.00. The van der Waals surface area contributed by atoms with E-state index in [1.807, 2.05) is 32.9 Å². The Bertz CT molecular complexity index is 1810. The van der Waals surface area contributed by atoms with E-state index in [9.17, 15) is 19.8 Å². The number of carboxylic acids is 1. The molecule has 0 aromatic rings. The van der Waals surface area contributed by atoms with Gasteiger partial charge in [0, 0.05) is 30.4 Å². The molecule has 9 nitrogen and oxygen atoms in total. The van der Waals surface area contributed by atoms with E-state index in [0.29, 0.717) is 39.9 Å². The lowest BCUT2D eigenvalue weighted by Gasteiger charge is -2.35. The van der Waals surface area contributed by atoms with Gasteiger partial charge in [0.2, 0.25) is 0 Å². The number of carbonyl (C=O) groups is 2. The first kappa shape index (κ1) is 28.4. The molecule has 1 saturated heterocycles. The predicted molar refractivity (Wildman–Crippen MR) is 166 cm³/mol. The van der Waals surface area contributed by atoms with Crippen molar-refractivity contribution in [2.45, 2.75) is 64.6 Å². The molecule has 6 rings (SSSR count). The number of aliphatic imine (C=N–C) groups is 4. The van der Waals surface area contributed by atoms with Crippen LogP contribution >= 0.6 is 0 Å². The number of rotatable bonds is 5. The lowest BCUT2D eigenvalue weighted by Crippen LogP contribution is -2.53. The topological polar surface area (TPSA) is 133 Å². The van der Waals surface area contributed by atoms with Gasteiger partial charge in [-0.05, 0) is 80.7 Å². The summed E-state index contributed by atoms with van der Waals surface area (Å²) in [5.74, 6) is -1.36. The summed E-state index contributed by atoms with van der Waals surface area (Å²) in [7, 11) is 0. The summed E-state index contributed by atoms with van der Waals surface area (Å²) in [6.45, 7) is 15.4. The number of allylic oxidation sites excluding steroid dienone is 9. The fourth-order valence-electron chi connectivity index (χ4n) is 6.38. The van der Waals surface area contributed by atoms with Crippen LogP contribution in [-0.4, -0.2) is 56.2 Å². The van der Waals surface area contributed by atoms with Gasteiger partial charge in [0.25, 0.3) is 0 Å². The standard InChI is InChI=1S/C34H32N4O5/c1-7-20-17(3)23-13-24-19(5)22(9-10-31(39)40)28(37-24)16-30-34(12-11-32(41)43-34)33(6,42)29(38-30)15-27-21(8-2)18(4)25(36-27)14-26(20)35-23/h7-8,13-16,42H,1-2,9-12H2,3-6H3,(H,39,40)/t33-,34+/m1/s1. The quantitative estimate of drug-likeness (QED) is 0.425. The summed E-state index contributed by atoms with van der Waals surface area (Å²) in [5.41, 5.74) is 6.36. The number of aliphatic hydroxyl groups is 1. The van der Waals surface area contributed by atoms with Crippen molar-refractivity contribution in [3.05, 3.63) is 106 Å². The fraction of sp³-hybridized carbons (Fsp3) is 0.294. The van der Waals surface area contributed by atoms with Crippen molar-refractivity contribution in [3.63, 3.8) is 0 Å². The van der Waals surface area contributed by atoms with Gasteiger partial charge < -0.3 is 14.9 Å². The molecule has 0 aliphatic carbocycles. The summed E-state index contributed by atoms with van der Waals surface area (Å²) in [6.07, 6.45) is 11.2. The normalized spacial score (nSPS) is 27.9. The first-order valence-corrected chi connectivity index (χ1v) is 14.2. The minimum atomic E-state index is -1.68. The number of nitrogens with zero attached hydrogens (tertiary/aromatic N) is 4. The lowest BCUT2D eigenvalue weighted by molar-refractivity contribution is -0.156. The summed E-state index contributed by atoms with van der Waals surface area (Å²) in [5, 5.41) is 21.5. The highest BCUT2D eigenvalue weighted by Gasteiger charge is 2.62. The Hall–Kier alpha value is -4.76. The third-order valence-electron chi connectivity index (χ3n) is 9.00. The average molecular weight is 577 g/mol. The fourth-order valence-corrected chi connectivity index (χ4v) is 6.38. The zero-order valence-electron chi connectivity index (χ0n) is 24.6. The second-order valence-corrected chi connectivity index (χ2v) is 11.5. The highest BCUT2D eigenvalue weighted by Crippen LogP contribution is 2.49. The molecule has 6 aliphatic heterocycles. The maximum absolute atomic E-state index is 12.5. The van der Waals surface area contributed by atoms with Crippen LogP contribution in [0.15, 0.2) is 126 Å². The first-order chi connectivity index (χ1) is 20.4. The second-order valence-electron chi connectivity index (χ2n) is 11.5. The van der Waals surface area contributed by atoms with Crippen LogP contribution in [0.2, 0.25) is 0 Å². The minimum absolute atomic E-state index is 0.0931. The number of carboxylic acid groups (broad SMARTS) is 1. The van der Waals surface area contributed by atoms with E-state index < -0.39 is 23.1 Å². The molecule has 0 unspecified atom stereocenters. The van der Waals surface area contributed by atoms with Gasteiger partial charge in [-0.1, -0.05) is 25.3 Å². The zero-order valence-corrected chi connectivity index (χ0v) is 24.6. The summed E-state index contributed by atoms with van der Waals surface area (Å²) in [6, 6.07) is 0. The van der Waals surface area contributed by atoms with Crippen molar-refractivity contribution >= 4 is 34.8 Å². The van der Waals surface area contributed by atoms with Crippen molar-refractivity contribution in [1.82, 2.24) is 0 Å². The number of hydrogen-bond acceptors (Lipinski definition) is 8. The van der Waals surface area contributed by atoms with Gasteiger partial charge in [0.05, 0.1) is 45.6 Å². The Labute approximate surface area is 249 Å². The van der Waals surface area contributed by atoms with Gasteiger partial charge in [-0.3, -0.25) is 14.6 Å². The first-order valence-electron chi connectivity index (χ1n) is 14.2. The molecule has 0 aromatic heterocycles. The molecule has 218 valence electrons. The molecule has 8 bridgehead atoms. The number of hydrogen-bond donors (Lipinski definition) is 2. The van der Waals surface area contributed by atoms with Crippen LogP contribution in [-0.2, 0) is 14.3 Å². The van der Waals surface area contributed by atoms with Crippen LogP contribution in [0, 0.1) is 0 Å². The highest BCUT2D eigenvalue weighted by molar-refractivity contribution is 6.19. The van der Waals surface area contributed by atoms with E-state index in [-0.39, 0.29) is 31.4 Å². The maximum atomic E-state index is 12.5. The molecule has 1 spiro atoms. The van der Waals surface area contributed by atoms with E-state index in [1.54, 1.807) is 31.2 Å². The minimum Gasteiger partial charge on any atom is -0.481 e. The maximum Gasteiger partial charge on any atom is 0.307 e. The molecule has 1 fully saturated rings.